The molecule has 1 aliphatic heterocycles. The minimum Gasteiger partial charge on any atom is -0.493 e. The predicted molar refractivity (Wildman–Crippen MR) is 72.0 cm³/mol. The van der Waals surface area contributed by atoms with Crippen molar-refractivity contribution in [2.75, 3.05) is 18.5 Å². The number of hydrogen-bond donors (Lipinski definition) is 2. The molecule has 0 radical (unpaired) electrons. The fourth-order valence-electron chi connectivity index (χ4n) is 1.96. The molecule has 1 amide bonds. The minimum atomic E-state index is 0.0435. The molecular formula is C14H20N2O2. The van der Waals surface area contributed by atoms with Crippen molar-refractivity contribution in [3.63, 3.8) is 0 Å². The summed E-state index contributed by atoms with van der Waals surface area (Å²) in [6, 6.07) is 6.22. The number of carbonyl (C=O) groups excluding carboxylic acids is 1. The third-order valence-electron chi connectivity index (χ3n) is 2.88. The smallest absolute Gasteiger partial charge is 0.225 e. The van der Waals surface area contributed by atoms with Gasteiger partial charge in [-0.2, -0.15) is 0 Å². The number of anilines is 1. The van der Waals surface area contributed by atoms with E-state index in [1.165, 1.54) is 5.56 Å². The maximum absolute atomic E-state index is 11.7. The number of carbonyl (C=O) groups is 1. The van der Waals surface area contributed by atoms with E-state index in [1.54, 1.807) is 0 Å². The van der Waals surface area contributed by atoms with Gasteiger partial charge in [0.15, 0.2) is 0 Å². The molecule has 4 heteroatoms. The average Bonchev–Trinajstić information content (AvgIpc) is 2.75. The summed E-state index contributed by atoms with van der Waals surface area (Å²) in [6.45, 7) is 5.58. The molecule has 0 aromatic heterocycles. The Hall–Kier alpha value is -1.55. The quantitative estimate of drug-likeness (QED) is 0.837. The number of fused-ring (bicyclic) bond motifs is 1. The third-order valence-corrected chi connectivity index (χ3v) is 2.88. The van der Waals surface area contributed by atoms with Gasteiger partial charge >= 0.3 is 0 Å². The van der Waals surface area contributed by atoms with Gasteiger partial charge in [-0.3, -0.25) is 4.79 Å². The van der Waals surface area contributed by atoms with Crippen LogP contribution in [-0.4, -0.2) is 25.1 Å². The number of amides is 1. The molecule has 1 aromatic rings. The first-order chi connectivity index (χ1) is 8.65. The topological polar surface area (TPSA) is 50.4 Å². The van der Waals surface area contributed by atoms with Crippen molar-refractivity contribution in [1.82, 2.24) is 5.32 Å². The summed E-state index contributed by atoms with van der Waals surface area (Å²) < 4.78 is 5.43. The molecule has 0 saturated heterocycles. The van der Waals surface area contributed by atoms with Crippen molar-refractivity contribution in [1.29, 1.82) is 0 Å². The Morgan fingerprint density at radius 2 is 2.28 bits per heavy atom. The molecule has 0 atom stereocenters. The molecule has 0 saturated carbocycles. The summed E-state index contributed by atoms with van der Waals surface area (Å²) in [6.07, 6.45) is 1.42. The van der Waals surface area contributed by atoms with Gasteiger partial charge in [0.1, 0.15) is 5.75 Å². The lowest BCUT2D eigenvalue weighted by atomic mass is 10.1. The zero-order valence-electron chi connectivity index (χ0n) is 11.0. The highest BCUT2D eigenvalue weighted by atomic mass is 16.5. The van der Waals surface area contributed by atoms with Crippen molar-refractivity contribution in [2.45, 2.75) is 32.7 Å². The van der Waals surface area contributed by atoms with E-state index < -0.39 is 0 Å². The summed E-state index contributed by atoms with van der Waals surface area (Å²) in [5, 5.41) is 6.13. The number of ether oxygens (including phenoxy) is 1. The molecule has 0 fully saturated rings. The van der Waals surface area contributed by atoms with Gasteiger partial charge in [0.05, 0.1) is 6.61 Å². The van der Waals surface area contributed by atoms with Crippen LogP contribution >= 0.6 is 0 Å². The average molecular weight is 248 g/mol. The number of hydrogen-bond acceptors (Lipinski definition) is 3. The zero-order valence-corrected chi connectivity index (χ0v) is 11.0. The fraction of sp³-hybridized carbons (Fsp3) is 0.500. The Labute approximate surface area is 108 Å². The molecule has 0 unspecified atom stereocenters. The molecular weight excluding hydrogens is 228 g/mol. The lowest BCUT2D eigenvalue weighted by molar-refractivity contribution is -0.116. The number of rotatable bonds is 5. The summed E-state index contributed by atoms with van der Waals surface area (Å²) in [7, 11) is 0. The van der Waals surface area contributed by atoms with Gasteiger partial charge in [0.25, 0.3) is 0 Å². The van der Waals surface area contributed by atoms with Crippen LogP contribution in [0.15, 0.2) is 18.2 Å². The van der Waals surface area contributed by atoms with Crippen molar-refractivity contribution >= 4 is 11.6 Å². The first-order valence-corrected chi connectivity index (χ1v) is 6.44. The van der Waals surface area contributed by atoms with Crippen LogP contribution in [0.1, 0.15) is 25.8 Å². The van der Waals surface area contributed by atoms with Gasteiger partial charge in [-0.05, 0) is 23.8 Å². The second-order valence-corrected chi connectivity index (χ2v) is 4.83. The summed E-state index contributed by atoms with van der Waals surface area (Å²) >= 11 is 0. The molecule has 98 valence electrons. The SMILES string of the molecule is CC(C)NCCC(=O)Nc1ccc2c(c1)CCO2. The van der Waals surface area contributed by atoms with Crippen LogP contribution in [0.4, 0.5) is 5.69 Å². The molecule has 0 bridgehead atoms. The Bertz CT molecular complexity index is 430. The summed E-state index contributed by atoms with van der Waals surface area (Å²) in [5.41, 5.74) is 2.03. The molecule has 1 aliphatic rings. The Morgan fingerprint density at radius 3 is 3.06 bits per heavy atom. The molecule has 2 N–H and O–H groups in total. The highest BCUT2D eigenvalue weighted by Crippen LogP contribution is 2.27. The van der Waals surface area contributed by atoms with Gasteiger partial charge < -0.3 is 15.4 Å². The van der Waals surface area contributed by atoms with Crippen LogP contribution in [0.5, 0.6) is 5.75 Å². The normalized spacial score (nSPS) is 13.3. The second-order valence-electron chi connectivity index (χ2n) is 4.83. The van der Waals surface area contributed by atoms with Crippen LogP contribution in [0.2, 0.25) is 0 Å². The molecule has 18 heavy (non-hydrogen) atoms. The highest BCUT2D eigenvalue weighted by molar-refractivity contribution is 5.91. The maximum Gasteiger partial charge on any atom is 0.225 e. The fourth-order valence-corrected chi connectivity index (χ4v) is 1.96. The van der Waals surface area contributed by atoms with Crippen molar-refractivity contribution in [3.8, 4) is 5.75 Å². The molecule has 1 aromatic carbocycles. The number of benzene rings is 1. The second kappa shape index (κ2) is 5.87. The molecule has 2 rings (SSSR count). The van der Waals surface area contributed by atoms with E-state index in [-0.39, 0.29) is 5.91 Å². The summed E-state index contributed by atoms with van der Waals surface area (Å²) in [5.74, 6) is 0.983. The van der Waals surface area contributed by atoms with E-state index in [2.05, 4.69) is 24.5 Å². The van der Waals surface area contributed by atoms with Crippen LogP contribution in [0.25, 0.3) is 0 Å². The van der Waals surface area contributed by atoms with E-state index in [9.17, 15) is 4.79 Å². The standard InChI is InChI=1S/C14H20N2O2/c1-10(2)15-7-5-14(17)16-12-3-4-13-11(9-12)6-8-18-13/h3-4,9-10,15H,5-8H2,1-2H3,(H,16,17). The van der Waals surface area contributed by atoms with Crippen molar-refractivity contribution < 1.29 is 9.53 Å². The molecule has 1 heterocycles. The van der Waals surface area contributed by atoms with Crippen LogP contribution in [-0.2, 0) is 11.2 Å². The van der Waals surface area contributed by atoms with Crippen LogP contribution < -0.4 is 15.4 Å². The third kappa shape index (κ3) is 3.47. The first-order valence-electron chi connectivity index (χ1n) is 6.44. The molecule has 0 spiro atoms. The number of nitrogens with one attached hydrogen (secondary N) is 2. The lowest BCUT2D eigenvalue weighted by Crippen LogP contribution is -2.27. The van der Waals surface area contributed by atoms with Crippen LogP contribution in [0, 0.1) is 0 Å². The Balaban J connectivity index is 1.84. The highest BCUT2D eigenvalue weighted by Gasteiger charge is 2.12. The van der Waals surface area contributed by atoms with Gasteiger partial charge in [0.2, 0.25) is 5.91 Å². The van der Waals surface area contributed by atoms with E-state index in [0.29, 0.717) is 19.0 Å². The van der Waals surface area contributed by atoms with Gasteiger partial charge in [0, 0.05) is 31.1 Å². The maximum atomic E-state index is 11.7. The van der Waals surface area contributed by atoms with Crippen molar-refractivity contribution in [3.05, 3.63) is 23.8 Å². The van der Waals surface area contributed by atoms with E-state index >= 15 is 0 Å². The summed E-state index contributed by atoms with van der Waals surface area (Å²) in [4.78, 5) is 11.7. The monoisotopic (exact) mass is 248 g/mol. The first kappa shape index (κ1) is 12.9. The van der Waals surface area contributed by atoms with E-state index in [0.717, 1.165) is 24.5 Å². The van der Waals surface area contributed by atoms with Crippen LogP contribution in [0.3, 0.4) is 0 Å². The van der Waals surface area contributed by atoms with E-state index in [4.69, 9.17) is 4.74 Å². The van der Waals surface area contributed by atoms with Gasteiger partial charge in [-0.15, -0.1) is 0 Å². The lowest BCUT2D eigenvalue weighted by Gasteiger charge is -2.09. The Kier molecular flexibility index (Phi) is 4.20. The van der Waals surface area contributed by atoms with Gasteiger partial charge in [-0.1, -0.05) is 13.8 Å². The largest absolute Gasteiger partial charge is 0.493 e. The zero-order chi connectivity index (χ0) is 13.0. The minimum absolute atomic E-state index is 0.0435. The molecule has 0 aliphatic carbocycles. The van der Waals surface area contributed by atoms with Crippen molar-refractivity contribution in [2.24, 2.45) is 0 Å². The predicted octanol–water partition coefficient (Wildman–Crippen LogP) is 1.95. The molecule has 4 nitrogen and oxygen atoms in total. The van der Waals surface area contributed by atoms with E-state index in [1.807, 2.05) is 18.2 Å². The van der Waals surface area contributed by atoms with Gasteiger partial charge in [-0.25, -0.2) is 0 Å². The Morgan fingerprint density at radius 1 is 1.44 bits per heavy atom.